The second-order valence-electron chi connectivity index (χ2n) is 3.98. The van der Waals surface area contributed by atoms with Gasteiger partial charge in [0.15, 0.2) is 5.78 Å². The third-order valence-corrected chi connectivity index (χ3v) is 2.61. The maximum atomic E-state index is 11.7. The lowest BCUT2D eigenvalue weighted by atomic mass is 10.0. The van der Waals surface area contributed by atoms with Gasteiger partial charge in [0.1, 0.15) is 11.5 Å². The molecule has 0 aliphatic heterocycles. The minimum atomic E-state index is -0.347. The first-order valence-corrected chi connectivity index (χ1v) is 5.33. The van der Waals surface area contributed by atoms with Crippen LogP contribution in [-0.4, -0.2) is 16.7 Å². The molecule has 0 aromatic heterocycles. The van der Waals surface area contributed by atoms with Crippen LogP contribution in [0.15, 0.2) is 36.4 Å². The number of hydrogen-bond acceptors (Lipinski definition) is 3. The number of rotatable bonds is 3. The molecule has 2 aromatic carbocycles. The Morgan fingerprint density at radius 3 is 2.53 bits per heavy atom. The molecular weight excluding hydrogens is 216 g/mol. The van der Waals surface area contributed by atoms with Crippen LogP contribution in [0.1, 0.15) is 23.7 Å². The minimum absolute atomic E-state index is 0.0469. The molecule has 3 nitrogen and oxygen atoms in total. The average molecular weight is 228 g/mol. The van der Waals surface area contributed by atoms with E-state index in [2.05, 4.69) is 0 Å². The number of Topliss-reactive ketones (excluding diaryl/α,β-unsaturated/α-hetero) is 2. The Balaban J connectivity index is 2.52. The lowest BCUT2D eigenvalue weighted by Gasteiger charge is -2.06. The van der Waals surface area contributed by atoms with E-state index < -0.39 is 0 Å². The SMILES string of the molecule is CC(=O)CC(=O)c1ccc2ccccc2c1O. The Morgan fingerprint density at radius 2 is 1.82 bits per heavy atom. The molecular formula is C14H12O3. The van der Waals surface area contributed by atoms with Gasteiger partial charge in [0.25, 0.3) is 0 Å². The van der Waals surface area contributed by atoms with Crippen LogP contribution in [-0.2, 0) is 4.79 Å². The maximum Gasteiger partial charge on any atom is 0.173 e. The molecule has 2 rings (SSSR count). The van der Waals surface area contributed by atoms with Crippen molar-refractivity contribution in [2.75, 3.05) is 0 Å². The summed E-state index contributed by atoms with van der Waals surface area (Å²) in [6.07, 6.45) is -0.175. The van der Waals surface area contributed by atoms with Crippen molar-refractivity contribution < 1.29 is 14.7 Å². The zero-order valence-corrected chi connectivity index (χ0v) is 9.43. The lowest BCUT2D eigenvalue weighted by molar-refractivity contribution is -0.116. The molecule has 0 unspecified atom stereocenters. The molecule has 0 aliphatic carbocycles. The van der Waals surface area contributed by atoms with Crippen LogP contribution in [0.2, 0.25) is 0 Å². The second kappa shape index (κ2) is 4.37. The number of phenols is 1. The average Bonchev–Trinajstić information content (AvgIpc) is 2.28. The third kappa shape index (κ3) is 2.18. The summed E-state index contributed by atoms with van der Waals surface area (Å²) in [5.41, 5.74) is 0.207. The number of carbonyl (C=O) groups excluding carboxylic acids is 2. The molecule has 17 heavy (non-hydrogen) atoms. The molecule has 2 aromatic rings. The van der Waals surface area contributed by atoms with Crippen LogP contribution in [0.25, 0.3) is 10.8 Å². The summed E-state index contributed by atoms with van der Waals surface area (Å²) >= 11 is 0. The van der Waals surface area contributed by atoms with Gasteiger partial charge in [0.05, 0.1) is 12.0 Å². The molecule has 0 saturated heterocycles. The van der Waals surface area contributed by atoms with Crippen molar-refractivity contribution in [3.63, 3.8) is 0 Å². The Morgan fingerprint density at radius 1 is 1.12 bits per heavy atom. The number of carbonyl (C=O) groups is 2. The normalized spacial score (nSPS) is 10.4. The Kier molecular flexibility index (Phi) is 2.91. The van der Waals surface area contributed by atoms with Crippen molar-refractivity contribution in [1.82, 2.24) is 0 Å². The summed E-state index contributed by atoms with van der Waals surface area (Å²) in [4.78, 5) is 22.6. The number of hydrogen-bond donors (Lipinski definition) is 1. The highest BCUT2D eigenvalue weighted by Gasteiger charge is 2.14. The van der Waals surface area contributed by atoms with E-state index in [0.717, 1.165) is 5.39 Å². The molecule has 0 saturated carbocycles. The van der Waals surface area contributed by atoms with Crippen LogP contribution in [0.4, 0.5) is 0 Å². The highest BCUT2D eigenvalue weighted by molar-refractivity contribution is 6.11. The minimum Gasteiger partial charge on any atom is -0.507 e. The van der Waals surface area contributed by atoms with Gasteiger partial charge in [0, 0.05) is 5.39 Å². The van der Waals surface area contributed by atoms with Crippen molar-refractivity contribution in [1.29, 1.82) is 0 Å². The zero-order valence-electron chi connectivity index (χ0n) is 9.43. The van der Waals surface area contributed by atoms with Crippen LogP contribution in [0.3, 0.4) is 0 Å². The van der Waals surface area contributed by atoms with Crippen molar-refractivity contribution in [2.45, 2.75) is 13.3 Å². The first-order valence-electron chi connectivity index (χ1n) is 5.33. The molecule has 86 valence electrons. The van der Waals surface area contributed by atoms with Crippen molar-refractivity contribution in [3.8, 4) is 5.75 Å². The van der Waals surface area contributed by atoms with Gasteiger partial charge in [-0.3, -0.25) is 9.59 Å². The first-order chi connectivity index (χ1) is 8.09. The highest BCUT2D eigenvalue weighted by atomic mass is 16.3. The van der Waals surface area contributed by atoms with E-state index >= 15 is 0 Å². The Labute approximate surface area is 98.7 Å². The van der Waals surface area contributed by atoms with Gasteiger partial charge in [-0.2, -0.15) is 0 Å². The van der Waals surface area contributed by atoms with E-state index in [-0.39, 0.29) is 29.3 Å². The molecule has 0 atom stereocenters. The molecule has 3 heteroatoms. The fraction of sp³-hybridized carbons (Fsp3) is 0.143. The molecule has 0 spiro atoms. The van der Waals surface area contributed by atoms with Crippen molar-refractivity contribution in [3.05, 3.63) is 42.0 Å². The van der Waals surface area contributed by atoms with Crippen molar-refractivity contribution >= 4 is 22.3 Å². The van der Waals surface area contributed by atoms with Crippen LogP contribution in [0.5, 0.6) is 5.75 Å². The van der Waals surface area contributed by atoms with Crippen LogP contribution in [0, 0.1) is 0 Å². The van der Waals surface area contributed by atoms with Crippen LogP contribution >= 0.6 is 0 Å². The summed E-state index contributed by atoms with van der Waals surface area (Å²) in [6, 6.07) is 10.6. The van der Waals surface area contributed by atoms with Gasteiger partial charge in [-0.25, -0.2) is 0 Å². The Hall–Kier alpha value is -2.16. The number of phenolic OH excluding ortho intramolecular Hbond substituents is 1. The van der Waals surface area contributed by atoms with Gasteiger partial charge in [-0.1, -0.05) is 30.3 Å². The molecule has 0 heterocycles. The monoisotopic (exact) mass is 228 g/mol. The maximum absolute atomic E-state index is 11.7. The largest absolute Gasteiger partial charge is 0.507 e. The van der Waals surface area contributed by atoms with E-state index in [1.165, 1.54) is 6.92 Å². The van der Waals surface area contributed by atoms with Gasteiger partial charge in [-0.05, 0) is 18.4 Å². The van der Waals surface area contributed by atoms with Crippen LogP contribution < -0.4 is 0 Å². The number of ketones is 2. The quantitative estimate of drug-likeness (QED) is 0.649. The van der Waals surface area contributed by atoms with E-state index in [4.69, 9.17) is 0 Å². The van der Waals surface area contributed by atoms with E-state index in [9.17, 15) is 14.7 Å². The van der Waals surface area contributed by atoms with Gasteiger partial charge < -0.3 is 5.11 Å². The molecule has 1 N–H and O–H groups in total. The molecule has 0 amide bonds. The Bertz CT molecular complexity index is 599. The summed E-state index contributed by atoms with van der Waals surface area (Å²) in [5.74, 6) is -0.599. The molecule has 0 fully saturated rings. The summed E-state index contributed by atoms with van der Waals surface area (Å²) < 4.78 is 0. The predicted octanol–water partition coefficient (Wildman–Crippen LogP) is 2.71. The van der Waals surface area contributed by atoms with Gasteiger partial charge in [0.2, 0.25) is 0 Å². The molecule has 0 bridgehead atoms. The topological polar surface area (TPSA) is 54.4 Å². The number of fused-ring (bicyclic) bond motifs is 1. The summed E-state index contributed by atoms with van der Waals surface area (Å²) in [5, 5.41) is 11.5. The van der Waals surface area contributed by atoms with Gasteiger partial charge in [-0.15, -0.1) is 0 Å². The highest BCUT2D eigenvalue weighted by Crippen LogP contribution is 2.29. The second-order valence-corrected chi connectivity index (χ2v) is 3.98. The van der Waals surface area contributed by atoms with E-state index in [0.29, 0.717) is 5.39 Å². The van der Waals surface area contributed by atoms with Crippen molar-refractivity contribution in [2.24, 2.45) is 0 Å². The van der Waals surface area contributed by atoms with E-state index in [1.54, 1.807) is 24.3 Å². The first kappa shape index (κ1) is 11.3. The summed E-state index contributed by atoms with van der Waals surface area (Å²) in [6.45, 7) is 1.36. The third-order valence-electron chi connectivity index (χ3n) is 2.61. The molecule has 0 radical (unpaired) electrons. The fourth-order valence-corrected chi connectivity index (χ4v) is 1.80. The van der Waals surface area contributed by atoms with E-state index in [1.807, 2.05) is 12.1 Å². The lowest BCUT2D eigenvalue weighted by Crippen LogP contribution is -2.05. The van der Waals surface area contributed by atoms with Gasteiger partial charge >= 0.3 is 0 Å². The fourth-order valence-electron chi connectivity index (χ4n) is 1.80. The number of aromatic hydroxyl groups is 1. The predicted molar refractivity (Wildman–Crippen MR) is 65.2 cm³/mol. The number of benzene rings is 2. The zero-order chi connectivity index (χ0) is 12.4. The smallest absolute Gasteiger partial charge is 0.173 e. The standard InChI is InChI=1S/C14H12O3/c1-9(15)8-13(16)12-7-6-10-4-2-3-5-11(10)14(12)17/h2-7,17H,8H2,1H3. The summed E-state index contributed by atoms with van der Waals surface area (Å²) in [7, 11) is 0. The molecule has 0 aliphatic rings.